The number of amides is 1. The van der Waals surface area contributed by atoms with Crippen molar-refractivity contribution in [3.8, 4) is 11.4 Å². The highest BCUT2D eigenvalue weighted by Crippen LogP contribution is 2.28. The zero-order valence-corrected chi connectivity index (χ0v) is 15.6. The lowest BCUT2D eigenvalue weighted by molar-refractivity contribution is -0.117. The summed E-state index contributed by atoms with van der Waals surface area (Å²) in [5.41, 5.74) is 1.15. The first-order valence-corrected chi connectivity index (χ1v) is 9.44. The maximum Gasteiger partial charge on any atom is 0.238 e. The van der Waals surface area contributed by atoms with Crippen LogP contribution < -0.4 is 5.32 Å². The summed E-state index contributed by atoms with van der Waals surface area (Å²) in [7, 11) is 0. The Balaban J connectivity index is 1.29. The fourth-order valence-corrected chi connectivity index (χ4v) is 3.42. The Kier molecular flexibility index (Phi) is 5.62. The Morgan fingerprint density at radius 3 is 2.59 bits per heavy atom. The van der Waals surface area contributed by atoms with E-state index < -0.39 is 0 Å². The standard InChI is InChI=1S/C21H20F2N4O2/c22-16-4-6-18(7-5-16)24-19(28)13-27-10-8-14(9-11-27)21-25-20(26-29-21)15-2-1-3-17(23)12-15/h1-7,12,14H,8-11,13H2,(H,24,28). The summed E-state index contributed by atoms with van der Waals surface area (Å²) in [5, 5.41) is 6.73. The van der Waals surface area contributed by atoms with Crippen molar-refractivity contribution in [3.05, 3.63) is 66.1 Å². The van der Waals surface area contributed by atoms with E-state index in [0.29, 0.717) is 23.0 Å². The summed E-state index contributed by atoms with van der Waals surface area (Å²) in [6.45, 7) is 1.71. The first-order chi connectivity index (χ1) is 14.1. The monoisotopic (exact) mass is 398 g/mol. The summed E-state index contributed by atoms with van der Waals surface area (Å²) in [4.78, 5) is 18.7. The number of hydrogen-bond acceptors (Lipinski definition) is 5. The second kappa shape index (κ2) is 8.48. The van der Waals surface area contributed by atoms with Crippen molar-refractivity contribution in [2.75, 3.05) is 25.0 Å². The lowest BCUT2D eigenvalue weighted by Crippen LogP contribution is -2.38. The van der Waals surface area contributed by atoms with Gasteiger partial charge in [-0.25, -0.2) is 8.78 Å². The van der Waals surface area contributed by atoms with Crippen molar-refractivity contribution >= 4 is 11.6 Å². The molecule has 150 valence electrons. The minimum atomic E-state index is -0.346. The summed E-state index contributed by atoms with van der Waals surface area (Å²) < 4.78 is 31.7. The van der Waals surface area contributed by atoms with E-state index in [1.54, 1.807) is 12.1 Å². The fourth-order valence-electron chi connectivity index (χ4n) is 3.42. The SMILES string of the molecule is O=C(CN1CCC(c2nc(-c3cccc(F)c3)no2)CC1)Nc1ccc(F)cc1. The summed E-state index contributed by atoms with van der Waals surface area (Å²) in [5.74, 6) is 0.204. The zero-order chi connectivity index (χ0) is 20.2. The van der Waals surface area contributed by atoms with Crippen LogP contribution in [-0.2, 0) is 4.79 Å². The molecule has 8 heteroatoms. The molecule has 0 aliphatic carbocycles. The van der Waals surface area contributed by atoms with Gasteiger partial charge in [-0.15, -0.1) is 0 Å². The first kappa shape index (κ1) is 19.2. The Labute approximate surface area is 166 Å². The Hall–Kier alpha value is -3.13. The molecule has 0 spiro atoms. The van der Waals surface area contributed by atoms with Crippen LogP contribution in [0.3, 0.4) is 0 Å². The molecule has 2 heterocycles. The number of anilines is 1. The van der Waals surface area contributed by atoms with Gasteiger partial charge in [-0.2, -0.15) is 4.98 Å². The van der Waals surface area contributed by atoms with Crippen LogP contribution in [0.4, 0.5) is 14.5 Å². The zero-order valence-electron chi connectivity index (χ0n) is 15.6. The van der Waals surface area contributed by atoms with Crippen molar-refractivity contribution in [2.45, 2.75) is 18.8 Å². The molecule has 0 bridgehead atoms. The average molecular weight is 398 g/mol. The highest BCUT2D eigenvalue weighted by atomic mass is 19.1. The van der Waals surface area contributed by atoms with Crippen LogP contribution in [0.15, 0.2) is 53.1 Å². The molecule has 0 saturated carbocycles. The van der Waals surface area contributed by atoms with Crippen LogP contribution in [0.25, 0.3) is 11.4 Å². The number of halogens is 2. The van der Waals surface area contributed by atoms with Gasteiger partial charge in [0.05, 0.1) is 6.54 Å². The number of carbonyl (C=O) groups is 1. The fraction of sp³-hybridized carbons (Fsp3) is 0.286. The van der Waals surface area contributed by atoms with E-state index in [1.165, 1.54) is 36.4 Å². The number of nitrogens with zero attached hydrogens (tertiary/aromatic N) is 3. The van der Waals surface area contributed by atoms with Gasteiger partial charge in [0.1, 0.15) is 11.6 Å². The molecule has 1 aliphatic heterocycles. The molecule has 1 fully saturated rings. The average Bonchev–Trinajstić information content (AvgIpc) is 3.21. The Morgan fingerprint density at radius 1 is 1.10 bits per heavy atom. The summed E-state index contributed by atoms with van der Waals surface area (Å²) in [6.07, 6.45) is 1.57. The molecular formula is C21H20F2N4O2. The molecule has 1 amide bonds. The molecule has 1 saturated heterocycles. The smallest absolute Gasteiger partial charge is 0.238 e. The van der Waals surface area contributed by atoms with Gasteiger partial charge in [0.2, 0.25) is 17.6 Å². The molecule has 4 rings (SSSR count). The lowest BCUT2D eigenvalue weighted by Gasteiger charge is -2.29. The predicted octanol–water partition coefficient (Wildman–Crippen LogP) is 3.83. The topological polar surface area (TPSA) is 71.3 Å². The molecule has 1 aromatic heterocycles. The maximum absolute atomic E-state index is 13.4. The minimum absolute atomic E-state index is 0.112. The highest BCUT2D eigenvalue weighted by molar-refractivity contribution is 5.92. The number of hydrogen-bond donors (Lipinski definition) is 1. The number of nitrogens with one attached hydrogen (secondary N) is 1. The Morgan fingerprint density at radius 2 is 1.86 bits per heavy atom. The largest absolute Gasteiger partial charge is 0.339 e. The molecule has 1 aliphatic rings. The maximum atomic E-state index is 13.4. The number of rotatable bonds is 5. The molecule has 2 aromatic carbocycles. The van der Waals surface area contributed by atoms with Crippen molar-refractivity contribution < 1.29 is 18.1 Å². The van der Waals surface area contributed by atoms with Gasteiger partial charge in [-0.3, -0.25) is 9.69 Å². The van der Waals surface area contributed by atoms with Crippen LogP contribution in [0, 0.1) is 11.6 Å². The van der Waals surface area contributed by atoms with Gasteiger partial charge < -0.3 is 9.84 Å². The molecule has 6 nitrogen and oxygen atoms in total. The number of aromatic nitrogens is 2. The van der Waals surface area contributed by atoms with Crippen molar-refractivity contribution in [3.63, 3.8) is 0 Å². The molecule has 3 aromatic rings. The van der Waals surface area contributed by atoms with Crippen molar-refractivity contribution in [1.29, 1.82) is 0 Å². The van der Waals surface area contributed by atoms with Gasteiger partial charge in [-0.1, -0.05) is 17.3 Å². The van der Waals surface area contributed by atoms with E-state index in [9.17, 15) is 13.6 Å². The Bertz CT molecular complexity index is 982. The van der Waals surface area contributed by atoms with E-state index >= 15 is 0 Å². The van der Waals surface area contributed by atoms with Crippen LogP contribution in [-0.4, -0.2) is 40.6 Å². The number of benzene rings is 2. The summed E-state index contributed by atoms with van der Waals surface area (Å²) >= 11 is 0. The quantitative estimate of drug-likeness (QED) is 0.707. The second-order valence-electron chi connectivity index (χ2n) is 7.07. The molecule has 29 heavy (non-hydrogen) atoms. The molecular weight excluding hydrogens is 378 g/mol. The van der Waals surface area contributed by atoms with Crippen LogP contribution in [0.5, 0.6) is 0 Å². The van der Waals surface area contributed by atoms with E-state index in [4.69, 9.17) is 4.52 Å². The number of piperidine rings is 1. The third-order valence-electron chi connectivity index (χ3n) is 4.96. The summed E-state index contributed by atoms with van der Waals surface area (Å²) in [6, 6.07) is 11.8. The number of likely N-dealkylation sites (tertiary alicyclic amines) is 1. The lowest BCUT2D eigenvalue weighted by atomic mass is 9.97. The van der Waals surface area contributed by atoms with Gasteiger partial charge in [-0.05, 0) is 62.3 Å². The molecule has 0 atom stereocenters. The van der Waals surface area contributed by atoms with Gasteiger partial charge in [0.25, 0.3) is 0 Å². The van der Waals surface area contributed by atoms with Crippen LogP contribution in [0.2, 0.25) is 0 Å². The van der Waals surface area contributed by atoms with Gasteiger partial charge in [0, 0.05) is 17.2 Å². The van der Waals surface area contributed by atoms with Crippen LogP contribution >= 0.6 is 0 Å². The molecule has 0 unspecified atom stereocenters. The van der Waals surface area contributed by atoms with E-state index in [0.717, 1.165) is 25.9 Å². The minimum Gasteiger partial charge on any atom is -0.339 e. The van der Waals surface area contributed by atoms with Crippen LogP contribution in [0.1, 0.15) is 24.7 Å². The van der Waals surface area contributed by atoms with E-state index in [1.807, 2.05) is 0 Å². The third-order valence-corrected chi connectivity index (χ3v) is 4.96. The van der Waals surface area contributed by atoms with Crippen molar-refractivity contribution in [1.82, 2.24) is 15.0 Å². The second-order valence-corrected chi connectivity index (χ2v) is 7.07. The first-order valence-electron chi connectivity index (χ1n) is 9.44. The third kappa shape index (κ3) is 4.83. The van der Waals surface area contributed by atoms with Gasteiger partial charge >= 0.3 is 0 Å². The predicted molar refractivity (Wildman–Crippen MR) is 103 cm³/mol. The van der Waals surface area contributed by atoms with E-state index in [2.05, 4.69) is 20.4 Å². The van der Waals surface area contributed by atoms with Gasteiger partial charge in [0.15, 0.2) is 0 Å². The number of carbonyl (C=O) groups excluding carboxylic acids is 1. The normalized spacial score (nSPS) is 15.4. The molecule has 0 radical (unpaired) electrons. The highest BCUT2D eigenvalue weighted by Gasteiger charge is 2.26. The molecule has 1 N–H and O–H groups in total. The van der Waals surface area contributed by atoms with Crippen molar-refractivity contribution in [2.24, 2.45) is 0 Å². The van der Waals surface area contributed by atoms with E-state index in [-0.39, 0.29) is 30.0 Å².